The Morgan fingerprint density at radius 1 is 1.29 bits per heavy atom. The van der Waals surface area contributed by atoms with E-state index in [4.69, 9.17) is 12.2 Å². The maximum Gasteiger partial charge on any atom is 0.0725 e. The number of rotatable bonds is 3. The maximum atomic E-state index is 5.34. The van der Waals surface area contributed by atoms with Crippen LogP contribution in [0.15, 0.2) is 42.1 Å². The summed E-state index contributed by atoms with van der Waals surface area (Å²) in [5, 5.41) is 4.05. The Morgan fingerprint density at radius 3 is 2.65 bits per heavy atom. The fraction of sp³-hybridized carbons (Fsp3) is 0.357. The summed E-state index contributed by atoms with van der Waals surface area (Å²) in [6.45, 7) is 4.51. The highest BCUT2D eigenvalue weighted by Gasteiger charge is 2.22. The molecule has 0 fully saturated rings. The molecule has 0 spiro atoms. The van der Waals surface area contributed by atoms with Crippen molar-refractivity contribution < 1.29 is 0 Å². The highest BCUT2D eigenvalue weighted by molar-refractivity contribution is 8.24. The fourth-order valence-electron chi connectivity index (χ4n) is 1.81. The minimum absolute atomic E-state index is 0.596. The Morgan fingerprint density at radius 2 is 2.00 bits per heavy atom. The first-order chi connectivity index (χ1) is 8.15. The molecule has 3 heteroatoms. The molecular formula is C14H17NS2. The van der Waals surface area contributed by atoms with Gasteiger partial charge in [-0.05, 0) is 24.1 Å². The van der Waals surface area contributed by atoms with Crippen molar-refractivity contribution in [3.63, 3.8) is 0 Å². The van der Waals surface area contributed by atoms with Crippen LogP contribution in [-0.4, -0.2) is 9.45 Å². The predicted molar refractivity (Wildman–Crippen MR) is 81.6 cm³/mol. The summed E-state index contributed by atoms with van der Waals surface area (Å²) in [6, 6.07) is 10.3. The molecule has 1 aliphatic rings. The van der Waals surface area contributed by atoms with Gasteiger partial charge in [0.05, 0.1) is 4.20 Å². The molecule has 1 nitrogen and oxygen atoms in total. The monoisotopic (exact) mass is 263 g/mol. The zero-order chi connectivity index (χ0) is 12.3. The second-order valence-corrected chi connectivity index (χ2v) is 6.56. The lowest BCUT2D eigenvalue weighted by Crippen LogP contribution is -2.20. The van der Waals surface area contributed by atoms with E-state index in [1.54, 1.807) is 0 Å². The van der Waals surface area contributed by atoms with Crippen molar-refractivity contribution >= 4 is 33.9 Å². The Hall–Kier alpha value is -0.800. The van der Waals surface area contributed by atoms with Gasteiger partial charge in [0.15, 0.2) is 0 Å². The van der Waals surface area contributed by atoms with Crippen molar-refractivity contribution in [3.8, 4) is 0 Å². The third-order valence-electron chi connectivity index (χ3n) is 2.80. The van der Waals surface area contributed by atoms with E-state index in [0.717, 1.165) is 16.3 Å². The summed E-state index contributed by atoms with van der Waals surface area (Å²) in [5.41, 5.74) is 2.37. The van der Waals surface area contributed by atoms with Crippen molar-refractivity contribution in [2.24, 2.45) is 5.92 Å². The second kappa shape index (κ2) is 5.69. The van der Waals surface area contributed by atoms with Crippen LogP contribution < -0.4 is 5.32 Å². The molecule has 2 rings (SSSR count). The molecule has 17 heavy (non-hydrogen) atoms. The third-order valence-corrected chi connectivity index (χ3v) is 4.57. The molecule has 1 aromatic carbocycles. The van der Waals surface area contributed by atoms with Crippen LogP contribution in [0.2, 0.25) is 0 Å². The van der Waals surface area contributed by atoms with Gasteiger partial charge in [0.2, 0.25) is 0 Å². The molecular weight excluding hydrogens is 246 g/mol. The number of thiocarbonyl (C=S) groups is 1. The second-order valence-electron chi connectivity index (χ2n) is 4.58. The fourth-order valence-corrected chi connectivity index (χ4v) is 3.37. The molecule has 0 amide bonds. The van der Waals surface area contributed by atoms with Crippen LogP contribution in [0.25, 0.3) is 0 Å². The van der Waals surface area contributed by atoms with E-state index in [1.165, 1.54) is 5.70 Å². The van der Waals surface area contributed by atoms with Gasteiger partial charge < -0.3 is 5.32 Å². The molecule has 0 radical (unpaired) electrons. The molecule has 90 valence electrons. The van der Waals surface area contributed by atoms with Crippen molar-refractivity contribution in [2.75, 3.05) is 5.32 Å². The predicted octanol–water partition coefficient (Wildman–Crippen LogP) is 4.47. The Bertz CT molecular complexity index is 423. The Kier molecular flexibility index (Phi) is 4.24. The van der Waals surface area contributed by atoms with Crippen LogP contribution in [0.4, 0.5) is 5.69 Å². The molecule has 1 atom stereocenters. The quantitative estimate of drug-likeness (QED) is 0.808. The smallest absolute Gasteiger partial charge is 0.0725 e. The summed E-state index contributed by atoms with van der Waals surface area (Å²) in [6.07, 6.45) is 3.16. The summed E-state index contributed by atoms with van der Waals surface area (Å²) in [4.78, 5) is 0. The number of para-hydroxylation sites is 1. The highest BCUT2D eigenvalue weighted by atomic mass is 32.2. The summed E-state index contributed by atoms with van der Waals surface area (Å²) < 4.78 is 0.994. The molecule has 1 aromatic rings. The molecule has 0 saturated heterocycles. The number of nitrogens with one attached hydrogen (secondary N) is 1. The van der Waals surface area contributed by atoms with Crippen LogP contribution in [0.5, 0.6) is 0 Å². The SMILES string of the molecule is CC(C)[C@@H]1CC(Nc2ccccc2)=CC(=S)S1. The first kappa shape index (κ1) is 12.7. The van der Waals surface area contributed by atoms with Gasteiger partial charge in [0.1, 0.15) is 0 Å². The largest absolute Gasteiger partial charge is 0.359 e. The molecule has 0 saturated carbocycles. The highest BCUT2D eigenvalue weighted by Crippen LogP contribution is 2.32. The van der Waals surface area contributed by atoms with Crippen LogP contribution in [0, 0.1) is 5.92 Å². The average molecular weight is 263 g/mol. The zero-order valence-corrected chi connectivity index (χ0v) is 11.8. The number of anilines is 1. The number of thioether (sulfide) groups is 1. The summed E-state index contributed by atoms with van der Waals surface area (Å²) in [5.74, 6) is 0.652. The lowest BCUT2D eigenvalue weighted by atomic mass is 10.0. The van der Waals surface area contributed by atoms with Gasteiger partial charge >= 0.3 is 0 Å². The van der Waals surface area contributed by atoms with E-state index in [2.05, 4.69) is 37.4 Å². The minimum Gasteiger partial charge on any atom is -0.359 e. The zero-order valence-electron chi connectivity index (χ0n) is 10.1. The molecule has 0 aromatic heterocycles. The van der Waals surface area contributed by atoms with Crippen LogP contribution in [0.1, 0.15) is 20.3 Å². The molecule has 0 bridgehead atoms. The van der Waals surface area contributed by atoms with Gasteiger partial charge in [-0.15, -0.1) is 11.8 Å². The van der Waals surface area contributed by atoms with Crippen molar-refractivity contribution in [2.45, 2.75) is 25.5 Å². The van der Waals surface area contributed by atoms with Crippen molar-refractivity contribution in [3.05, 3.63) is 42.1 Å². The standard InChI is InChI=1S/C14H17NS2/c1-10(2)13-8-12(9-14(16)17-13)15-11-6-4-3-5-7-11/h3-7,9-10,13,15H,8H2,1-2H3/t13-/m0/s1. The Labute approximate surface area is 113 Å². The van der Waals surface area contributed by atoms with Crippen LogP contribution in [-0.2, 0) is 0 Å². The van der Waals surface area contributed by atoms with Gasteiger partial charge in [0, 0.05) is 23.1 Å². The molecule has 1 heterocycles. The van der Waals surface area contributed by atoms with Gasteiger partial charge in [-0.3, -0.25) is 0 Å². The Balaban J connectivity index is 2.08. The number of hydrogen-bond donors (Lipinski definition) is 1. The van der Waals surface area contributed by atoms with E-state index < -0.39 is 0 Å². The minimum atomic E-state index is 0.596. The topological polar surface area (TPSA) is 12.0 Å². The normalized spacial score (nSPS) is 20.3. The van der Waals surface area contributed by atoms with E-state index in [1.807, 2.05) is 30.0 Å². The van der Waals surface area contributed by atoms with E-state index >= 15 is 0 Å². The van der Waals surface area contributed by atoms with E-state index in [9.17, 15) is 0 Å². The molecule has 1 N–H and O–H groups in total. The molecule has 1 aliphatic heterocycles. The molecule has 0 aliphatic carbocycles. The van der Waals surface area contributed by atoms with E-state index in [-0.39, 0.29) is 0 Å². The van der Waals surface area contributed by atoms with Crippen LogP contribution in [0.3, 0.4) is 0 Å². The van der Waals surface area contributed by atoms with Gasteiger partial charge in [-0.1, -0.05) is 44.3 Å². The van der Waals surface area contributed by atoms with Crippen LogP contribution >= 0.6 is 24.0 Å². The van der Waals surface area contributed by atoms with Gasteiger partial charge in [0.25, 0.3) is 0 Å². The summed E-state index contributed by atoms with van der Waals surface area (Å²) >= 11 is 7.17. The maximum absolute atomic E-state index is 5.34. The van der Waals surface area contributed by atoms with Gasteiger partial charge in [-0.25, -0.2) is 0 Å². The lowest BCUT2D eigenvalue weighted by Gasteiger charge is -2.26. The lowest BCUT2D eigenvalue weighted by molar-refractivity contribution is 0.604. The summed E-state index contributed by atoms with van der Waals surface area (Å²) in [7, 11) is 0. The number of hydrogen-bond acceptors (Lipinski definition) is 3. The van der Waals surface area contributed by atoms with E-state index in [0.29, 0.717) is 11.2 Å². The third kappa shape index (κ3) is 3.58. The average Bonchev–Trinajstić information content (AvgIpc) is 2.29. The van der Waals surface area contributed by atoms with Gasteiger partial charge in [-0.2, -0.15) is 0 Å². The number of benzene rings is 1. The first-order valence-electron chi connectivity index (χ1n) is 5.88. The van der Waals surface area contributed by atoms with Crippen molar-refractivity contribution in [1.29, 1.82) is 0 Å². The first-order valence-corrected chi connectivity index (χ1v) is 7.17. The van der Waals surface area contributed by atoms with Crippen molar-refractivity contribution in [1.82, 2.24) is 0 Å². The number of allylic oxidation sites excluding steroid dienone is 1. The molecule has 0 unspecified atom stereocenters.